The maximum Gasteiger partial charge on any atom is 0.250 e. The van der Waals surface area contributed by atoms with Crippen LogP contribution in [0.1, 0.15) is 31.5 Å². The van der Waals surface area contributed by atoms with Crippen molar-refractivity contribution in [2.45, 2.75) is 32.9 Å². The lowest BCUT2D eigenvalue weighted by Gasteiger charge is -2.34. The zero-order valence-electron chi connectivity index (χ0n) is 14.6. The molecule has 3 heterocycles. The van der Waals surface area contributed by atoms with E-state index in [-0.39, 0.29) is 23.9 Å². The van der Waals surface area contributed by atoms with Gasteiger partial charge in [-0.1, -0.05) is 25.1 Å². The van der Waals surface area contributed by atoms with Gasteiger partial charge in [-0.15, -0.1) is 0 Å². The van der Waals surface area contributed by atoms with Crippen molar-refractivity contribution in [2.24, 2.45) is 0 Å². The van der Waals surface area contributed by atoms with Crippen LogP contribution in [0.2, 0.25) is 0 Å². The molecule has 0 unspecified atom stereocenters. The highest BCUT2D eigenvalue weighted by Gasteiger charge is 2.23. The van der Waals surface area contributed by atoms with Gasteiger partial charge in [0.05, 0.1) is 6.54 Å². The van der Waals surface area contributed by atoms with Gasteiger partial charge in [0.15, 0.2) is 5.82 Å². The number of hydrogen-bond acceptors (Lipinski definition) is 6. The lowest BCUT2D eigenvalue weighted by atomic mass is 10.2. The number of piperazine rings is 1. The third-order valence-corrected chi connectivity index (χ3v) is 4.29. The zero-order chi connectivity index (χ0) is 17.8. The second-order valence-corrected chi connectivity index (χ2v) is 6.52. The summed E-state index contributed by atoms with van der Waals surface area (Å²) in [5.74, 6) is 1.54. The molecule has 1 amide bonds. The Balaban J connectivity index is 1.50. The fourth-order valence-corrected chi connectivity index (χ4v) is 2.75. The molecule has 2 aromatic rings. The number of pyridine rings is 1. The number of hydrogen-bond donors (Lipinski definition) is 0. The largest absolute Gasteiger partial charge is 0.339 e. The van der Waals surface area contributed by atoms with E-state index in [0.29, 0.717) is 25.5 Å². The molecule has 0 aliphatic carbocycles. The van der Waals surface area contributed by atoms with Crippen molar-refractivity contribution in [3.05, 3.63) is 46.5 Å². The van der Waals surface area contributed by atoms with Gasteiger partial charge in [0, 0.05) is 44.4 Å². The number of carbonyl (C=O) groups is 1. The van der Waals surface area contributed by atoms with E-state index in [4.69, 9.17) is 4.52 Å². The molecule has 1 aliphatic rings. The third kappa shape index (κ3) is 4.33. The highest BCUT2D eigenvalue weighted by molar-refractivity contribution is 5.76. The highest BCUT2D eigenvalue weighted by Crippen LogP contribution is 2.12. The van der Waals surface area contributed by atoms with Gasteiger partial charge < -0.3 is 14.0 Å². The minimum atomic E-state index is -0.160. The Bertz CT molecular complexity index is 774. The highest BCUT2D eigenvalue weighted by atomic mass is 16.5. The number of aromatic nitrogens is 3. The summed E-state index contributed by atoms with van der Waals surface area (Å²) in [7, 11) is 0. The van der Waals surface area contributed by atoms with Gasteiger partial charge in [0.25, 0.3) is 5.56 Å². The molecule has 25 heavy (non-hydrogen) atoms. The van der Waals surface area contributed by atoms with Crippen LogP contribution in [0.25, 0.3) is 0 Å². The Morgan fingerprint density at radius 2 is 2.00 bits per heavy atom. The smallest absolute Gasteiger partial charge is 0.250 e. The second-order valence-electron chi connectivity index (χ2n) is 6.52. The number of rotatable bonds is 5. The first-order valence-electron chi connectivity index (χ1n) is 8.51. The van der Waals surface area contributed by atoms with E-state index < -0.39 is 0 Å². The molecule has 2 aromatic heterocycles. The molecular weight excluding hydrogens is 322 g/mol. The Morgan fingerprint density at radius 3 is 2.64 bits per heavy atom. The summed E-state index contributed by atoms with van der Waals surface area (Å²) in [5, 5.41) is 3.97. The normalized spacial score (nSPS) is 15.7. The summed E-state index contributed by atoms with van der Waals surface area (Å²) in [5.41, 5.74) is -0.160. The van der Waals surface area contributed by atoms with Gasteiger partial charge in [-0.05, 0) is 6.07 Å². The lowest BCUT2D eigenvalue weighted by Crippen LogP contribution is -2.49. The fraction of sp³-hybridized carbons (Fsp3) is 0.529. The second kappa shape index (κ2) is 7.60. The first kappa shape index (κ1) is 17.3. The van der Waals surface area contributed by atoms with Crippen LogP contribution in [-0.4, -0.2) is 56.6 Å². The molecule has 0 radical (unpaired) electrons. The summed E-state index contributed by atoms with van der Waals surface area (Å²) in [4.78, 5) is 32.4. The monoisotopic (exact) mass is 345 g/mol. The minimum Gasteiger partial charge on any atom is -0.339 e. The van der Waals surface area contributed by atoms with Crippen LogP contribution in [0.15, 0.2) is 33.7 Å². The van der Waals surface area contributed by atoms with Crippen LogP contribution < -0.4 is 5.56 Å². The van der Waals surface area contributed by atoms with Crippen molar-refractivity contribution in [2.75, 3.05) is 26.2 Å². The van der Waals surface area contributed by atoms with Gasteiger partial charge in [-0.25, -0.2) is 0 Å². The van der Waals surface area contributed by atoms with Crippen molar-refractivity contribution >= 4 is 5.91 Å². The topological polar surface area (TPSA) is 84.5 Å². The first-order valence-corrected chi connectivity index (χ1v) is 8.51. The van der Waals surface area contributed by atoms with Crippen molar-refractivity contribution < 1.29 is 9.32 Å². The van der Waals surface area contributed by atoms with E-state index >= 15 is 0 Å². The quantitative estimate of drug-likeness (QED) is 0.793. The van der Waals surface area contributed by atoms with Crippen LogP contribution in [0.3, 0.4) is 0 Å². The van der Waals surface area contributed by atoms with Crippen molar-refractivity contribution in [1.82, 2.24) is 24.5 Å². The van der Waals surface area contributed by atoms with E-state index in [9.17, 15) is 9.59 Å². The SMILES string of the molecule is CC(C)c1noc(CN2CCN(C(=O)Cn3ccccc3=O)CC2)n1. The Morgan fingerprint density at radius 1 is 1.24 bits per heavy atom. The average molecular weight is 345 g/mol. The molecule has 134 valence electrons. The maximum absolute atomic E-state index is 12.4. The Labute approximate surface area is 146 Å². The Kier molecular flexibility index (Phi) is 5.28. The van der Waals surface area contributed by atoms with E-state index in [1.165, 1.54) is 10.6 Å². The van der Waals surface area contributed by atoms with E-state index in [1.54, 1.807) is 23.2 Å². The van der Waals surface area contributed by atoms with Gasteiger partial charge in [0.2, 0.25) is 11.8 Å². The predicted octanol–water partition coefficient (Wildman–Crippen LogP) is 0.699. The van der Waals surface area contributed by atoms with E-state index in [0.717, 1.165) is 18.9 Å². The molecule has 0 saturated carbocycles. The molecule has 1 fully saturated rings. The average Bonchev–Trinajstić information content (AvgIpc) is 3.06. The van der Waals surface area contributed by atoms with Gasteiger partial charge in [0.1, 0.15) is 6.54 Å². The first-order chi connectivity index (χ1) is 12.0. The molecule has 0 bridgehead atoms. The Hall–Kier alpha value is -2.48. The summed E-state index contributed by atoms with van der Waals surface area (Å²) in [6, 6.07) is 4.88. The van der Waals surface area contributed by atoms with Crippen molar-refractivity contribution in [1.29, 1.82) is 0 Å². The number of nitrogens with zero attached hydrogens (tertiary/aromatic N) is 5. The van der Waals surface area contributed by atoms with Crippen LogP contribution in [0, 0.1) is 0 Å². The maximum atomic E-state index is 12.4. The van der Waals surface area contributed by atoms with Crippen molar-refractivity contribution in [3.63, 3.8) is 0 Å². The molecule has 1 aliphatic heterocycles. The third-order valence-electron chi connectivity index (χ3n) is 4.29. The van der Waals surface area contributed by atoms with E-state index in [1.807, 2.05) is 13.8 Å². The van der Waals surface area contributed by atoms with Gasteiger partial charge in [-0.3, -0.25) is 14.5 Å². The molecule has 0 atom stereocenters. The number of carbonyl (C=O) groups excluding carboxylic acids is 1. The van der Waals surface area contributed by atoms with Crippen LogP contribution >= 0.6 is 0 Å². The van der Waals surface area contributed by atoms with Gasteiger partial charge in [-0.2, -0.15) is 4.98 Å². The molecule has 0 N–H and O–H groups in total. The molecule has 3 rings (SSSR count). The molecule has 8 nitrogen and oxygen atoms in total. The van der Waals surface area contributed by atoms with Crippen LogP contribution in [-0.2, 0) is 17.9 Å². The fourth-order valence-electron chi connectivity index (χ4n) is 2.75. The van der Waals surface area contributed by atoms with E-state index in [2.05, 4.69) is 15.0 Å². The standard InChI is InChI=1S/C17H23N5O3/c1-13(2)17-18-14(25-19-17)11-20-7-9-21(10-8-20)16(24)12-22-6-4-3-5-15(22)23/h3-6,13H,7-12H2,1-2H3. The molecule has 1 saturated heterocycles. The molecule has 0 spiro atoms. The lowest BCUT2D eigenvalue weighted by molar-refractivity contribution is -0.133. The molecule has 0 aromatic carbocycles. The summed E-state index contributed by atoms with van der Waals surface area (Å²) >= 11 is 0. The molecule has 8 heteroatoms. The molecular formula is C17H23N5O3. The summed E-state index contributed by atoms with van der Waals surface area (Å²) in [6.07, 6.45) is 1.64. The van der Waals surface area contributed by atoms with Gasteiger partial charge >= 0.3 is 0 Å². The minimum absolute atomic E-state index is 0.0344. The van der Waals surface area contributed by atoms with Crippen LogP contribution in [0.4, 0.5) is 0 Å². The summed E-state index contributed by atoms with van der Waals surface area (Å²) < 4.78 is 6.70. The summed E-state index contributed by atoms with van der Waals surface area (Å²) in [6.45, 7) is 7.48. The predicted molar refractivity (Wildman–Crippen MR) is 90.9 cm³/mol. The zero-order valence-corrected chi connectivity index (χ0v) is 14.6. The number of amides is 1. The van der Waals surface area contributed by atoms with Crippen molar-refractivity contribution in [3.8, 4) is 0 Å². The van der Waals surface area contributed by atoms with Crippen LogP contribution in [0.5, 0.6) is 0 Å².